The largest absolute Gasteiger partial charge is 0.328 e. The Bertz CT molecular complexity index is 166. The van der Waals surface area contributed by atoms with Crippen LogP contribution in [0.1, 0.15) is 0 Å². The molecule has 1 atom stereocenters. The molecule has 0 aromatic carbocycles. The molecule has 0 aliphatic carbocycles. The summed E-state index contributed by atoms with van der Waals surface area (Å²) < 4.78 is 39.7. The lowest BCUT2D eigenvalue weighted by molar-refractivity contribution is 0.360. The lowest BCUT2D eigenvalue weighted by atomic mass is 10.5. The number of hydrogen-bond acceptors (Lipinski definition) is 3. The van der Waals surface area contributed by atoms with E-state index < -0.39 is 22.0 Å². The minimum Gasteiger partial charge on any atom is -0.328 e. The van der Waals surface area contributed by atoms with Crippen LogP contribution in [0.2, 0.25) is 0 Å². The number of rotatable bonds is 3. The van der Waals surface area contributed by atoms with Crippen LogP contribution in [0.4, 0.5) is 4.39 Å². The van der Waals surface area contributed by atoms with Gasteiger partial charge in [0, 0.05) is 6.54 Å². The van der Waals surface area contributed by atoms with Gasteiger partial charge in [-0.05, 0) is 0 Å². The molecule has 0 radical (unpaired) electrons. The van der Waals surface area contributed by atoms with Gasteiger partial charge in [0.15, 0.2) is 0 Å². The molecule has 0 unspecified atom stereocenters. The Labute approximate surface area is 52.6 Å². The van der Waals surface area contributed by atoms with Gasteiger partial charge in [0.25, 0.3) is 10.1 Å². The van der Waals surface area contributed by atoms with Gasteiger partial charge in [-0.2, -0.15) is 8.42 Å². The fraction of sp³-hybridized carbons (Fsp3) is 1.00. The zero-order valence-electron chi connectivity index (χ0n) is 4.62. The molecular weight excluding hydrogens is 149 g/mol. The molecule has 0 spiro atoms. The highest BCUT2D eigenvalue weighted by Crippen LogP contribution is 1.92. The minimum absolute atomic E-state index is 0.389. The molecule has 0 heterocycles. The first-order valence-electron chi connectivity index (χ1n) is 2.25. The molecule has 0 fully saturated rings. The van der Waals surface area contributed by atoms with E-state index in [1.807, 2.05) is 0 Å². The quantitative estimate of drug-likeness (QED) is 0.524. The summed E-state index contributed by atoms with van der Waals surface area (Å²) in [7, 11) is -4.19. The summed E-state index contributed by atoms with van der Waals surface area (Å²) in [5, 5.41) is 0. The summed E-state index contributed by atoms with van der Waals surface area (Å²) in [6, 6.07) is 0. The fourth-order valence-corrected chi connectivity index (χ4v) is 0.890. The molecule has 0 rings (SSSR count). The van der Waals surface area contributed by atoms with Crippen LogP contribution in [0.3, 0.4) is 0 Å². The van der Waals surface area contributed by atoms with Gasteiger partial charge in [0.1, 0.15) is 11.9 Å². The van der Waals surface area contributed by atoms with E-state index >= 15 is 0 Å². The van der Waals surface area contributed by atoms with Crippen LogP contribution >= 0.6 is 0 Å². The topological polar surface area (TPSA) is 80.4 Å². The Balaban J connectivity index is 3.75. The maximum atomic E-state index is 12.0. The number of hydrogen-bond donors (Lipinski definition) is 2. The lowest BCUT2D eigenvalue weighted by Gasteiger charge is -1.99. The van der Waals surface area contributed by atoms with Gasteiger partial charge in [-0.3, -0.25) is 4.55 Å². The second-order valence-corrected chi connectivity index (χ2v) is 3.08. The normalized spacial score (nSPS) is 15.4. The number of nitrogens with two attached hydrogens (primary N) is 1. The SMILES string of the molecule is NC[C@H](F)CS(=O)(=O)O. The van der Waals surface area contributed by atoms with Gasteiger partial charge in [0.05, 0.1) is 0 Å². The summed E-state index contributed by atoms with van der Waals surface area (Å²) in [6.45, 7) is -0.389. The van der Waals surface area contributed by atoms with Gasteiger partial charge in [-0.15, -0.1) is 0 Å². The van der Waals surface area contributed by atoms with Crippen molar-refractivity contribution >= 4 is 10.1 Å². The van der Waals surface area contributed by atoms with Crippen molar-refractivity contribution in [1.29, 1.82) is 0 Å². The van der Waals surface area contributed by atoms with Gasteiger partial charge in [-0.25, -0.2) is 4.39 Å². The number of alkyl halides is 1. The Morgan fingerprint density at radius 2 is 2.11 bits per heavy atom. The molecular formula is C3H8FNO3S. The summed E-state index contributed by atoms with van der Waals surface area (Å²) in [5.41, 5.74) is 4.73. The minimum atomic E-state index is -4.19. The van der Waals surface area contributed by atoms with Crippen LogP contribution in [0.15, 0.2) is 0 Å². The summed E-state index contributed by atoms with van der Waals surface area (Å²) in [6.07, 6.45) is -1.67. The highest BCUT2D eigenvalue weighted by atomic mass is 32.2. The Morgan fingerprint density at radius 3 is 2.22 bits per heavy atom. The second-order valence-electron chi connectivity index (χ2n) is 1.58. The summed E-state index contributed by atoms with van der Waals surface area (Å²) in [5.74, 6) is -0.913. The van der Waals surface area contributed by atoms with E-state index in [0.29, 0.717) is 0 Å². The molecule has 0 aliphatic rings. The highest BCUT2D eigenvalue weighted by molar-refractivity contribution is 7.85. The second kappa shape index (κ2) is 3.09. The molecule has 3 N–H and O–H groups in total. The van der Waals surface area contributed by atoms with Crippen molar-refractivity contribution in [2.75, 3.05) is 12.3 Å². The average Bonchev–Trinajstić information content (AvgIpc) is 1.62. The van der Waals surface area contributed by atoms with E-state index in [-0.39, 0.29) is 6.54 Å². The van der Waals surface area contributed by atoms with Crippen LogP contribution < -0.4 is 5.73 Å². The third kappa shape index (κ3) is 5.67. The predicted molar refractivity (Wildman–Crippen MR) is 30.4 cm³/mol. The predicted octanol–water partition coefficient (Wildman–Crippen LogP) is -0.829. The van der Waals surface area contributed by atoms with Crippen LogP contribution in [0.25, 0.3) is 0 Å². The van der Waals surface area contributed by atoms with Crippen molar-refractivity contribution in [1.82, 2.24) is 0 Å². The molecule has 0 saturated heterocycles. The molecule has 56 valence electrons. The molecule has 0 amide bonds. The Kier molecular flexibility index (Phi) is 3.02. The zero-order valence-corrected chi connectivity index (χ0v) is 5.44. The molecule has 4 nitrogen and oxygen atoms in total. The van der Waals surface area contributed by atoms with E-state index in [1.54, 1.807) is 0 Å². The third-order valence-corrected chi connectivity index (χ3v) is 1.43. The maximum absolute atomic E-state index is 12.0. The van der Waals surface area contributed by atoms with E-state index in [0.717, 1.165) is 0 Å². The molecule has 0 aromatic rings. The molecule has 0 aromatic heterocycles. The van der Waals surface area contributed by atoms with E-state index in [9.17, 15) is 12.8 Å². The van der Waals surface area contributed by atoms with Crippen molar-refractivity contribution in [2.24, 2.45) is 5.73 Å². The lowest BCUT2D eigenvalue weighted by Crippen LogP contribution is -2.24. The van der Waals surface area contributed by atoms with E-state index in [4.69, 9.17) is 10.3 Å². The van der Waals surface area contributed by atoms with E-state index in [1.165, 1.54) is 0 Å². The Hall–Kier alpha value is -0.200. The fourth-order valence-electron chi connectivity index (χ4n) is 0.297. The first kappa shape index (κ1) is 8.80. The smallest absolute Gasteiger partial charge is 0.267 e. The average molecular weight is 157 g/mol. The highest BCUT2D eigenvalue weighted by Gasteiger charge is 2.13. The van der Waals surface area contributed by atoms with Crippen molar-refractivity contribution < 1.29 is 17.4 Å². The maximum Gasteiger partial charge on any atom is 0.267 e. The van der Waals surface area contributed by atoms with Crippen LogP contribution in [0.5, 0.6) is 0 Å². The zero-order chi connectivity index (χ0) is 7.49. The first-order valence-corrected chi connectivity index (χ1v) is 3.86. The Morgan fingerprint density at radius 1 is 1.67 bits per heavy atom. The first-order chi connectivity index (χ1) is 3.95. The molecule has 9 heavy (non-hydrogen) atoms. The third-order valence-electron chi connectivity index (χ3n) is 0.647. The van der Waals surface area contributed by atoms with Gasteiger partial charge < -0.3 is 5.73 Å². The molecule has 0 bridgehead atoms. The van der Waals surface area contributed by atoms with Crippen LogP contribution in [-0.2, 0) is 10.1 Å². The van der Waals surface area contributed by atoms with Crippen molar-refractivity contribution in [2.45, 2.75) is 6.17 Å². The van der Waals surface area contributed by atoms with Crippen molar-refractivity contribution in [3.8, 4) is 0 Å². The molecule has 0 saturated carbocycles. The molecule has 0 aliphatic heterocycles. The van der Waals surface area contributed by atoms with Crippen molar-refractivity contribution in [3.63, 3.8) is 0 Å². The standard InChI is InChI=1S/C3H8FNO3S/c4-3(1-5)2-9(6,7)8/h3H,1-2,5H2,(H,6,7,8)/t3-/m0/s1. The van der Waals surface area contributed by atoms with Crippen molar-refractivity contribution in [3.05, 3.63) is 0 Å². The van der Waals surface area contributed by atoms with Crippen LogP contribution in [0, 0.1) is 0 Å². The monoisotopic (exact) mass is 157 g/mol. The van der Waals surface area contributed by atoms with E-state index in [2.05, 4.69) is 0 Å². The molecule has 6 heteroatoms. The van der Waals surface area contributed by atoms with Gasteiger partial charge >= 0.3 is 0 Å². The summed E-state index contributed by atoms with van der Waals surface area (Å²) >= 11 is 0. The number of halogens is 1. The van der Waals surface area contributed by atoms with Gasteiger partial charge in [0.2, 0.25) is 0 Å². The summed E-state index contributed by atoms with van der Waals surface area (Å²) in [4.78, 5) is 0. The van der Waals surface area contributed by atoms with Crippen LogP contribution in [-0.4, -0.2) is 31.4 Å². The van der Waals surface area contributed by atoms with Gasteiger partial charge in [-0.1, -0.05) is 0 Å².